The van der Waals surface area contributed by atoms with E-state index >= 15 is 0 Å². The number of hydrogen-bond donors (Lipinski definition) is 0. The van der Waals surface area contributed by atoms with Crippen molar-refractivity contribution < 1.29 is 0 Å². The largest absolute Gasteiger partial charge is 0.312 e. The van der Waals surface area contributed by atoms with E-state index in [0.29, 0.717) is 18.4 Å². The highest BCUT2D eigenvalue weighted by atomic mass is 16.1. The van der Waals surface area contributed by atoms with Crippen LogP contribution in [0.15, 0.2) is 58.1 Å². The van der Waals surface area contributed by atoms with Gasteiger partial charge in [-0.1, -0.05) is 24.3 Å². The summed E-state index contributed by atoms with van der Waals surface area (Å²) in [7, 11) is 1.85. The summed E-state index contributed by atoms with van der Waals surface area (Å²) in [6, 6.07) is 15.7. The summed E-state index contributed by atoms with van der Waals surface area (Å²) in [5, 5.41) is 1.10. The Balaban J connectivity index is 1.47. The lowest BCUT2D eigenvalue weighted by atomic mass is 9.83. The molecule has 0 radical (unpaired) electrons. The molecule has 0 N–H and O–H groups in total. The van der Waals surface area contributed by atoms with Gasteiger partial charge in [0.05, 0.1) is 5.52 Å². The van der Waals surface area contributed by atoms with Gasteiger partial charge in [0.1, 0.15) is 0 Å². The molecule has 1 saturated heterocycles. The molecule has 4 heterocycles. The molecule has 5 heteroatoms. The van der Waals surface area contributed by atoms with Gasteiger partial charge in [0.25, 0.3) is 11.1 Å². The Labute approximate surface area is 157 Å². The van der Waals surface area contributed by atoms with Crippen LogP contribution in [0.5, 0.6) is 0 Å². The van der Waals surface area contributed by atoms with Crippen molar-refractivity contribution in [3.63, 3.8) is 0 Å². The van der Waals surface area contributed by atoms with Crippen LogP contribution in [0.2, 0.25) is 0 Å². The molecule has 0 saturated carbocycles. The number of fused-ring (bicyclic) bond motifs is 5. The molecule has 1 fully saturated rings. The fraction of sp³-hybridized carbons (Fsp3) is 0.364. The van der Waals surface area contributed by atoms with Gasteiger partial charge >= 0.3 is 0 Å². The van der Waals surface area contributed by atoms with Crippen molar-refractivity contribution in [2.45, 2.75) is 25.4 Å². The lowest BCUT2D eigenvalue weighted by molar-refractivity contribution is 0.114. The molecule has 2 atom stereocenters. The first kappa shape index (κ1) is 16.5. The zero-order valence-electron chi connectivity index (χ0n) is 15.5. The lowest BCUT2D eigenvalue weighted by Crippen LogP contribution is -2.47. The maximum Gasteiger partial charge on any atom is 0.255 e. The Morgan fingerprint density at radius 1 is 1.00 bits per heavy atom. The second-order valence-electron chi connectivity index (χ2n) is 7.98. The van der Waals surface area contributed by atoms with E-state index < -0.39 is 0 Å². The molecule has 5 nitrogen and oxygen atoms in total. The number of piperidine rings is 1. The molecule has 138 valence electrons. The average Bonchev–Trinajstić information content (AvgIpc) is 2.67. The SMILES string of the molecule is Cn1c(=O)c(CN2CC3C[C@H](C2)Cn2c3cccc2=O)cc2ccccc21. The van der Waals surface area contributed by atoms with Crippen molar-refractivity contribution in [3.8, 4) is 0 Å². The van der Waals surface area contributed by atoms with Crippen molar-refractivity contribution in [2.24, 2.45) is 13.0 Å². The molecular weight excluding hydrogens is 338 g/mol. The Kier molecular flexibility index (Phi) is 3.79. The van der Waals surface area contributed by atoms with Gasteiger partial charge in [-0.3, -0.25) is 14.5 Å². The van der Waals surface area contributed by atoms with Crippen LogP contribution in [0.4, 0.5) is 0 Å². The molecule has 3 aromatic rings. The highest BCUT2D eigenvalue weighted by molar-refractivity contribution is 5.79. The molecule has 2 aliphatic heterocycles. The van der Waals surface area contributed by atoms with Crippen LogP contribution >= 0.6 is 0 Å². The number of hydrogen-bond acceptors (Lipinski definition) is 3. The van der Waals surface area contributed by atoms with Crippen LogP contribution in [0.25, 0.3) is 10.9 Å². The van der Waals surface area contributed by atoms with Crippen LogP contribution in [-0.4, -0.2) is 27.1 Å². The minimum Gasteiger partial charge on any atom is -0.312 e. The number of likely N-dealkylation sites (tertiary alicyclic amines) is 1. The van der Waals surface area contributed by atoms with Crippen molar-refractivity contribution in [1.29, 1.82) is 0 Å². The lowest BCUT2D eigenvalue weighted by Gasteiger charge is -2.42. The smallest absolute Gasteiger partial charge is 0.255 e. The molecule has 2 aromatic heterocycles. The van der Waals surface area contributed by atoms with Gasteiger partial charge in [0.15, 0.2) is 0 Å². The molecule has 2 aliphatic rings. The van der Waals surface area contributed by atoms with Gasteiger partial charge in [0.2, 0.25) is 0 Å². The van der Waals surface area contributed by atoms with E-state index in [1.165, 1.54) is 0 Å². The summed E-state index contributed by atoms with van der Waals surface area (Å²) in [6.45, 7) is 3.29. The molecule has 5 rings (SSSR count). The molecule has 27 heavy (non-hydrogen) atoms. The number of aryl methyl sites for hydroxylation is 1. The average molecular weight is 361 g/mol. The van der Waals surface area contributed by atoms with Crippen LogP contribution < -0.4 is 11.1 Å². The second kappa shape index (κ2) is 6.20. The Morgan fingerprint density at radius 2 is 1.85 bits per heavy atom. The first-order valence-corrected chi connectivity index (χ1v) is 9.60. The molecule has 1 aromatic carbocycles. The zero-order chi connectivity index (χ0) is 18.5. The quantitative estimate of drug-likeness (QED) is 0.704. The van der Waals surface area contributed by atoms with Crippen LogP contribution in [-0.2, 0) is 20.1 Å². The first-order valence-electron chi connectivity index (χ1n) is 9.60. The van der Waals surface area contributed by atoms with Gasteiger partial charge in [0, 0.05) is 56.5 Å². The van der Waals surface area contributed by atoms with E-state index in [0.717, 1.165) is 48.2 Å². The fourth-order valence-corrected chi connectivity index (χ4v) is 4.97. The number of para-hydroxylation sites is 1. The maximum absolute atomic E-state index is 12.8. The van der Waals surface area contributed by atoms with Crippen molar-refractivity contribution in [2.75, 3.05) is 13.1 Å². The normalized spacial score (nSPS) is 22.0. The number of benzene rings is 1. The van der Waals surface area contributed by atoms with Crippen LogP contribution in [0, 0.1) is 5.92 Å². The highest BCUT2D eigenvalue weighted by Crippen LogP contribution is 2.35. The summed E-state index contributed by atoms with van der Waals surface area (Å²) < 4.78 is 3.70. The minimum absolute atomic E-state index is 0.0843. The summed E-state index contributed by atoms with van der Waals surface area (Å²) in [6.07, 6.45) is 1.13. The number of rotatable bonds is 2. The van der Waals surface area contributed by atoms with Gasteiger partial charge < -0.3 is 9.13 Å². The Hall–Kier alpha value is -2.66. The maximum atomic E-state index is 12.8. The van der Waals surface area contributed by atoms with E-state index in [-0.39, 0.29) is 11.1 Å². The van der Waals surface area contributed by atoms with Gasteiger partial charge in [-0.15, -0.1) is 0 Å². The highest BCUT2D eigenvalue weighted by Gasteiger charge is 2.34. The van der Waals surface area contributed by atoms with E-state index in [1.807, 2.05) is 41.9 Å². The van der Waals surface area contributed by atoms with E-state index in [2.05, 4.69) is 17.0 Å². The number of nitrogens with zero attached hydrogens (tertiary/aromatic N) is 3. The van der Waals surface area contributed by atoms with Crippen molar-refractivity contribution in [3.05, 3.63) is 80.5 Å². The molecule has 0 spiro atoms. The molecule has 0 aliphatic carbocycles. The van der Waals surface area contributed by atoms with Gasteiger partial charge in [-0.2, -0.15) is 0 Å². The summed E-state index contributed by atoms with van der Waals surface area (Å²) >= 11 is 0. The van der Waals surface area contributed by atoms with Crippen LogP contribution in [0.1, 0.15) is 23.6 Å². The first-order chi connectivity index (χ1) is 13.1. The van der Waals surface area contributed by atoms with Crippen LogP contribution in [0.3, 0.4) is 0 Å². The molecule has 0 amide bonds. The molecule has 1 unspecified atom stereocenters. The van der Waals surface area contributed by atoms with E-state index in [1.54, 1.807) is 10.6 Å². The second-order valence-corrected chi connectivity index (χ2v) is 7.98. The zero-order valence-corrected chi connectivity index (χ0v) is 15.5. The van der Waals surface area contributed by atoms with E-state index in [4.69, 9.17) is 0 Å². The third kappa shape index (κ3) is 2.73. The van der Waals surface area contributed by atoms with E-state index in [9.17, 15) is 9.59 Å². The third-order valence-corrected chi connectivity index (χ3v) is 6.16. The topological polar surface area (TPSA) is 47.2 Å². The van der Waals surface area contributed by atoms with Gasteiger partial charge in [-0.05, 0) is 35.9 Å². The monoisotopic (exact) mass is 361 g/mol. The fourth-order valence-electron chi connectivity index (χ4n) is 4.97. The third-order valence-electron chi connectivity index (χ3n) is 6.16. The summed E-state index contributed by atoms with van der Waals surface area (Å²) in [5.41, 5.74) is 3.16. The predicted molar refractivity (Wildman–Crippen MR) is 106 cm³/mol. The Bertz CT molecular complexity index is 1140. The minimum atomic E-state index is 0.0843. The number of pyridine rings is 2. The number of aromatic nitrogens is 2. The van der Waals surface area contributed by atoms with Crippen molar-refractivity contribution in [1.82, 2.24) is 14.0 Å². The summed E-state index contributed by atoms with van der Waals surface area (Å²) in [5.74, 6) is 0.844. The molecule has 2 bridgehead atoms. The predicted octanol–water partition coefficient (Wildman–Crippen LogP) is 2.32. The van der Waals surface area contributed by atoms with Gasteiger partial charge in [-0.25, -0.2) is 0 Å². The standard InChI is InChI=1S/C22H23N3O2/c1-23-19-6-3-2-5-16(19)10-18(22(23)27)14-24-11-15-9-17(13-24)20-7-4-8-21(26)25(20)12-15/h2-8,10,15,17H,9,11-14H2,1H3/t15-,17?/m1/s1. The molecular formula is C22H23N3O2. The van der Waals surface area contributed by atoms with Crippen molar-refractivity contribution >= 4 is 10.9 Å². The Morgan fingerprint density at radius 3 is 2.74 bits per heavy atom. The summed E-state index contributed by atoms with van der Waals surface area (Å²) in [4.78, 5) is 27.4.